The highest BCUT2D eigenvalue weighted by Gasteiger charge is 2.41. The van der Waals surface area contributed by atoms with Crippen LogP contribution in [-0.4, -0.2) is 26.7 Å². The monoisotopic (exact) mass is 450 g/mol. The summed E-state index contributed by atoms with van der Waals surface area (Å²) in [5, 5.41) is 0.621. The molecule has 0 N–H and O–H groups in total. The molecule has 2 aromatic rings. The zero-order valence-electron chi connectivity index (χ0n) is 13.3. The summed E-state index contributed by atoms with van der Waals surface area (Å²) in [6, 6.07) is 11.6. The van der Waals surface area contributed by atoms with Gasteiger partial charge in [0.1, 0.15) is 5.75 Å². The van der Waals surface area contributed by atoms with Crippen LogP contribution in [0.1, 0.15) is 6.42 Å². The molecule has 0 atom stereocenters. The topological polar surface area (TPSA) is 49.9 Å². The van der Waals surface area contributed by atoms with Gasteiger partial charge in [0.2, 0.25) is 0 Å². The summed E-state index contributed by atoms with van der Waals surface area (Å²) < 4.78 is 69.7. The zero-order chi connectivity index (χ0) is 18.9. The normalized spacial score (nSPS) is 15.8. The van der Waals surface area contributed by atoms with Crippen molar-refractivity contribution in [2.45, 2.75) is 12.8 Å². The van der Waals surface area contributed by atoms with Crippen LogP contribution in [0.2, 0.25) is 0 Å². The number of rotatable bonds is 5. The minimum Gasteiger partial charge on any atom is -0.406 e. The number of halogens is 4. The fourth-order valence-corrected chi connectivity index (χ4v) is 4.71. The summed E-state index contributed by atoms with van der Waals surface area (Å²) >= 11 is 3.27. The lowest BCUT2D eigenvalue weighted by Gasteiger charge is -2.22. The Balaban J connectivity index is 2.06. The van der Waals surface area contributed by atoms with Crippen LogP contribution in [0.5, 0.6) is 5.75 Å². The molecule has 26 heavy (non-hydrogen) atoms. The van der Waals surface area contributed by atoms with Crippen LogP contribution in [0.3, 0.4) is 0 Å². The van der Waals surface area contributed by atoms with Crippen molar-refractivity contribution in [3.8, 4) is 5.75 Å². The standard InChI is InChI=1S/C16H14BrF3N2O3S/c17-9-4-10-21-14-7-1-2-8-15(14)22(26(21,23)24)12-5-3-6-13(11-12)25-16(18,19)20/h1-3,5-8,11H,4,9-10H2. The third-order valence-corrected chi connectivity index (χ3v) is 6.02. The van der Waals surface area contributed by atoms with Gasteiger partial charge in [-0.1, -0.05) is 34.1 Å². The Bertz CT molecular complexity index is 906. The number of ether oxygens (including phenoxy) is 1. The Kier molecular flexibility index (Phi) is 5.07. The van der Waals surface area contributed by atoms with Crippen LogP contribution in [0, 0.1) is 0 Å². The minimum absolute atomic E-state index is 0.0699. The molecule has 2 aromatic carbocycles. The van der Waals surface area contributed by atoms with Crippen molar-refractivity contribution < 1.29 is 26.3 Å². The molecule has 0 amide bonds. The van der Waals surface area contributed by atoms with Gasteiger partial charge in [-0.2, -0.15) is 8.42 Å². The van der Waals surface area contributed by atoms with Crippen LogP contribution < -0.4 is 13.3 Å². The quantitative estimate of drug-likeness (QED) is 0.626. The summed E-state index contributed by atoms with van der Waals surface area (Å²) in [6.07, 6.45) is -4.28. The average molecular weight is 451 g/mol. The molecule has 0 unspecified atom stereocenters. The first-order valence-corrected chi connectivity index (χ1v) is 10.1. The summed E-state index contributed by atoms with van der Waals surface area (Å²) in [6.45, 7) is 0.250. The predicted octanol–water partition coefficient (Wildman–Crippen LogP) is 4.57. The molecule has 0 aromatic heterocycles. The van der Waals surface area contributed by atoms with Gasteiger partial charge >= 0.3 is 16.6 Å². The maximum absolute atomic E-state index is 13.0. The van der Waals surface area contributed by atoms with Crippen molar-refractivity contribution in [1.29, 1.82) is 0 Å². The number of para-hydroxylation sites is 2. The van der Waals surface area contributed by atoms with E-state index >= 15 is 0 Å². The highest BCUT2D eigenvalue weighted by molar-refractivity contribution is 9.09. The van der Waals surface area contributed by atoms with Crippen LogP contribution in [0.4, 0.5) is 30.2 Å². The van der Waals surface area contributed by atoms with E-state index in [1.807, 2.05) is 0 Å². The number of alkyl halides is 4. The third-order valence-electron chi connectivity index (χ3n) is 3.66. The van der Waals surface area contributed by atoms with E-state index in [0.29, 0.717) is 23.1 Å². The van der Waals surface area contributed by atoms with Gasteiger partial charge in [0.05, 0.1) is 17.1 Å². The van der Waals surface area contributed by atoms with Crippen molar-refractivity contribution in [3.05, 3.63) is 48.5 Å². The van der Waals surface area contributed by atoms with E-state index in [1.165, 1.54) is 16.4 Å². The van der Waals surface area contributed by atoms with Gasteiger partial charge in [-0.15, -0.1) is 13.2 Å². The largest absolute Gasteiger partial charge is 0.573 e. The van der Waals surface area contributed by atoms with E-state index in [1.54, 1.807) is 24.3 Å². The van der Waals surface area contributed by atoms with E-state index in [-0.39, 0.29) is 12.2 Å². The number of anilines is 3. The molecular formula is C16H14BrF3N2O3S. The van der Waals surface area contributed by atoms with Gasteiger partial charge in [-0.3, -0.25) is 4.31 Å². The van der Waals surface area contributed by atoms with Crippen LogP contribution >= 0.6 is 15.9 Å². The Hall–Kier alpha value is -1.94. The second-order valence-corrected chi connectivity index (χ2v) is 7.92. The first-order chi connectivity index (χ1) is 12.2. The fourth-order valence-electron chi connectivity index (χ4n) is 2.71. The van der Waals surface area contributed by atoms with Crippen LogP contribution in [0.15, 0.2) is 48.5 Å². The maximum atomic E-state index is 13.0. The van der Waals surface area contributed by atoms with Gasteiger partial charge in [0.25, 0.3) is 0 Å². The molecule has 1 aliphatic rings. The van der Waals surface area contributed by atoms with Crippen LogP contribution in [-0.2, 0) is 10.2 Å². The number of nitrogens with zero attached hydrogens (tertiary/aromatic N) is 2. The lowest BCUT2D eigenvalue weighted by atomic mass is 10.2. The summed E-state index contributed by atoms with van der Waals surface area (Å²) in [4.78, 5) is 0. The van der Waals surface area contributed by atoms with Crippen molar-refractivity contribution >= 4 is 43.2 Å². The van der Waals surface area contributed by atoms with E-state index in [2.05, 4.69) is 20.7 Å². The molecule has 10 heteroatoms. The Morgan fingerprint density at radius 1 is 1.04 bits per heavy atom. The number of hydrogen-bond donors (Lipinski definition) is 0. The molecule has 140 valence electrons. The van der Waals surface area contributed by atoms with Crippen molar-refractivity contribution in [1.82, 2.24) is 0 Å². The molecule has 1 heterocycles. The molecule has 0 bridgehead atoms. The van der Waals surface area contributed by atoms with E-state index < -0.39 is 22.3 Å². The molecule has 0 radical (unpaired) electrons. The molecule has 1 aliphatic heterocycles. The maximum Gasteiger partial charge on any atom is 0.573 e. The first kappa shape index (κ1) is 18.8. The van der Waals surface area contributed by atoms with Gasteiger partial charge in [-0.05, 0) is 30.7 Å². The molecular weight excluding hydrogens is 437 g/mol. The van der Waals surface area contributed by atoms with Gasteiger partial charge < -0.3 is 4.74 Å². The second-order valence-electron chi connectivity index (χ2n) is 5.42. The van der Waals surface area contributed by atoms with Crippen molar-refractivity contribution in [2.24, 2.45) is 0 Å². The number of fused-ring (bicyclic) bond motifs is 1. The molecule has 0 saturated heterocycles. The molecule has 0 spiro atoms. The van der Waals surface area contributed by atoms with E-state index in [0.717, 1.165) is 16.4 Å². The predicted molar refractivity (Wildman–Crippen MR) is 96.4 cm³/mol. The van der Waals surface area contributed by atoms with Crippen molar-refractivity contribution in [3.63, 3.8) is 0 Å². The van der Waals surface area contributed by atoms with E-state index in [4.69, 9.17) is 0 Å². The Labute approximate surface area is 157 Å². The SMILES string of the molecule is O=S1(=O)N(CCCBr)c2ccccc2N1c1cccc(OC(F)(F)F)c1. The van der Waals surface area contributed by atoms with Gasteiger partial charge in [0.15, 0.2) is 0 Å². The third kappa shape index (κ3) is 3.61. The summed E-state index contributed by atoms with van der Waals surface area (Å²) in [7, 11) is -3.96. The Morgan fingerprint density at radius 2 is 1.73 bits per heavy atom. The molecule has 5 nitrogen and oxygen atoms in total. The van der Waals surface area contributed by atoms with Gasteiger partial charge in [0, 0.05) is 17.9 Å². The zero-order valence-corrected chi connectivity index (χ0v) is 15.7. The van der Waals surface area contributed by atoms with Crippen LogP contribution in [0.25, 0.3) is 0 Å². The summed E-state index contributed by atoms with van der Waals surface area (Å²) in [5.74, 6) is -0.485. The molecule has 0 saturated carbocycles. The highest BCUT2D eigenvalue weighted by atomic mass is 79.9. The number of hydrogen-bond acceptors (Lipinski definition) is 3. The average Bonchev–Trinajstić information content (AvgIpc) is 2.77. The van der Waals surface area contributed by atoms with Gasteiger partial charge in [-0.25, -0.2) is 4.31 Å². The molecule has 0 aliphatic carbocycles. The first-order valence-electron chi connectivity index (χ1n) is 7.58. The Morgan fingerprint density at radius 3 is 2.38 bits per heavy atom. The smallest absolute Gasteiger partial charge is 0.406 e. The highest BCUT2D eigenvalue weighted by Crippen LogP contribution is 2.45. The second kappa shape index (κ2) is 6.99. The molecule has 3 rings (SSSR count). The lowest BCUT2D eigenvalue weighted by molar-refractivity contribution is -0.274. The lowest BCUT2D eigenvalue weighted by Crippen LogP contribution is -2.36. The number of benzene rings is 2. The fraction of sp³-hybridized carbons (Fsp3) is 0.250. The summed E-state index contributed by atoms with van der Waals surface area (Å²) in [5.41, 5.74) is 0.933. The van der Waals surface area contributed by atoms with E-state index in [9.17, 15) is 21.6 Å². The molecule has 0 fully saturated rings. The minimum atomic E-state index is -4.86. The van der Waals surface area contributed by atoms with Crippen molar-refractivity contribution in [2.75, 3.05) is 20.5 Å².